The fourth-order valence-electron chi connectivity index (χ4n) is 6.49. The Balaban J connectivity index is 1.24. The molecule has 1 amide bonds. The van der Waals surface area contributed by atoms with Crippen LogP contribution in [-0.4, -0.2) is 80.0 Å². The Morgan fingerprint density at radius 1 is 0.881 bits per heavy atom. The van der Waals surface area contributed by atoms with Crippen LogP contribution in [0, 0.1) is 0 Å². The summed E-state index contributed by atoms with van der Waals surface area (Å²) in [5.41, 5.74) is 5.72. The molecule has 0 bridgehead atoms. The fourth-order valence-corrected chi connectivity index (χ4v) is 6.49. The van der Waals surface area contributed by atoms with E-state index in [1.165, 1.54) is 6.92 Å². The highest BCUT2D eigenvalue weighted by atomic mass is 16.5. The first-order valence-corrected chi connectivity index (χ1v) is 14.5. The van der Waals surface area contributed by atoms with Crippen molar-refractivity contribution in [3.05, 3.63) is 83.2 Å². The molecule has 9 heteroatoms. The van der Waals surface area contributed by atoms with Crippen LogP contribution in [0.4, 0.5) is 5.69 Å². The van der Waals surface area contributed by atoms with Crippen LogP contribution < -0.4 is 14.4 Å². The van der Waals surface area contributed by atoms with Crippen molar-refractivity contribution in [2.24, 2.45) is 4.99 Å². The van der Waals surface area contributed by atoms with Gasteiger partial charge in [-0.3, -0.25) is 19.6 Å². The van der Waals surface area contributed by atoms with Gasteiger partial charge in [0.25, 0.3) is 5.91 Å². The van der Waals surface area contributed by atoms with E-state index in [4.69, 9.17) is 19.2 Å². The molecule has 218 valence electrons. The molecule has 42 heavy (non-hydrogen) atoms. The maximum Gasteiger partial charge on any atom is 0.302 e. The van der Waals surface area contributed by atoms with E-state index in [-0.39, 0.29) is 29.9 Å². The van der Waals surface area contributed by atoms with Crippen LogP contribution in [0.1, 0.15) is 59.2 Å². The van der Waals surface area contributed by atoms with Crippen molar-refractivity contribution in [2.45, 2.75) is 44.2 Å². The number of nitrogens with zero attached hydrogens (tertiary/aromatic N) is 4. The lowest BCUT2D eigenvalue weighted by Gasteiger charge is -2.38. The molecule has 3 aliphatic rings. The van der Waals surface area contributed by atoms with Crippen molar-refractivity contribution in [3.8, 4) is 11.5 Å². The number of hydrogen-bond acceptors (Lipinski definition) is 8. The van der Waals surface area contributed by atoms with Crippen molar-refractivity contribution in [2.75, 3.05) is 45.3 Å². The predicted molar refractivity (Wildman–Crippen MR) is 160 cm³/mol. The molecule has 3 atom stereocenters. The molecule has 2 aliphatic heterocycles. The van der Waals surface area contributed by atoms with E-state index in [0.717, 1.165) is 54.0 Å². The third-order valence-corrected chi connectivity index (χ3v) is 8.60. The van der Waals surface area contributed by atoms with Crippen LogP contribution in [0.3, 0.4) is 0 Å². The van der Waals surface area contributed by atoms with Gasteiger partial charge in [0, 0.05) is 73.8 Å². The van der Waals surface area contributed by atoms with Gasteiger partial charge in [-0.2, -0.15) is 0 Å². The maximum absolute atomic E-state index is 13.4. The van der Waals surface area contributed by atoms with Gasteiger partial charge in [-0.1, -0.05) is 12.1 Å². The minimum Gasteiger partial charge on any atom is -0.493 e. The van der Waals surface area contributed by atoms with Crippen molar-refractivity contribution in [3.63, 3.8) is 0 Å². The number of pyridine rings is 1. The number of hydrogen-bond donors (Lipinski definition) is 0. The summed E-state index contributed by atoms with van der Waals surface area (Å²) < 4.78 is 16.9. The van der Waals surface area contributed by atoms with Crippen molar-refractivity contribution < 1.29 is 23.8 Å². The number of esters is 1. The molecule has 1 saturated carbocycles. The molecule has 1 saturated heterocycles. The van der Waals surface area contributed by atoms with Gasteiger partial charge in [0.05, 0.1) is 26.0 Å². The summed E-state index contributed by atoms with van der Waals surface area (Å²) in [5.74, 6) is 1.19. The van der Waals surface area contributed by atoms with Crippen LogP contribution in [0.25, 0.3) is 0 Å². The number of amides is 1. The second-order valence-electron chi connectivity index (χ2n) is 11.1. The lowest BCUT2D eigenvalue weighted by atomic mass is 9.74. The summed E-state index contributed by atoms with van der Waals surface area (Å²) in [7, 11) is 3.26. The Kier molecular flexibility index (Phi) is 7.82. The summed E-state index contributed by atoms with van der Waals surface area (Å²) in [4.78, 5) is 38.6. The van der Waals surface area contributed by atoms with Gasteiger partial charge in [0.15, 0.2) is 11.5 Å². The SMILES string of the molecule is COc1cc2c(cc1OC)C1CC(OC(C)=O)CCC1N=C2c1ccc(C(=O)N2CCN(c3ccncc3)CC2)cc1. The molecule has 2 fully saturated rings. The molecule has 1 aromatic heterocycles. The van der Waals surface area contributed by atoms with Crippen LogP contribution >= 0.6 is 0 Å². The summed E-state index contributed by atoms with van der Waals surface area (Å²) in [6, 6.07) is 15.9. The van der Waals surface area contributed by atoms with Crippen LogP contribution in [-0.2, 0) is 9.53 Å². The lowest BCUT2D eigenvalue weighted by molar-refractivity contribution is -0.148. The number of aromatic nitrogens is 1. The van der Waals surface area contributed by atoms with Crippen molar-refractivity contribution >= 4 is 23.3 Å². The van der Waals surface area contributed by atoms with Gasteiger partial charge in [0.2, 0.25) is 0 Å². The third kappa shape index (κ3) is 5.43. The number of anilines is 1. The number of methoxy groups -OCH3 is 2. The summed E-state index contributed by atoms with van der Waals surface area (Å²) >= 11 is 0. The average molecular weight is 569 g/mol. The summed E-state index contributed by atoms with van der Waals surface area (Å²) in [6.45, 7) is 4.37. The van der Waals surface area contributed by atoms with E-state index < -0.39 is 0 Å². The first kappa shape index (κ1) is 27.8. The Morgan fingerprint density at radius 3 is 2.24 bits per heavy atom. The Labute approximate surface area is 246 Å². The molecule has 3 unspecified atom stereocenters. The van der Waals surface area contributed by atoms with E-state index >= 15 is 0 Å². The van der Waals surface area contributed by atoms with E-state index in [0.29, 0.717) is 36.6 Å². The molecule has 0 radical (unpaired) electrons. The molecule has 6 rings (SSSR count). The third-order valence-electron chi connectivity index (χ3n) is 8.60. The van der Waals surface area contributed by atoms with Gasteiger partial charge in [-0.25, -0.2) is 0 Å². The highest BCUT2D eigenvalue weighted by Gasteiger charge is 2.39. The highest BCUT2D eigenvalue weighted by Crippen LogP contribution is 2.45. The zero-order chi connectivity index (χ0) is 29.2. The lowest BCUT2D eigenvalue weighted by Crippen LogP contribution is -2.48. The average Bonchev–Trinajstić information content (AvgIpc) is 3.03. The van der Waals surface area contributed by atoms with Crippen LogP contribution in [0.2, 0.25) is 0 Å². The molecule has 0 spiro atoms. The Morgan fingerprint density at radius 2 is 1.57 bits per heavy atom. The van der Waals surface area contributed by atoms with Gasteiger partial charge < -0.3 is 24.0 Å². The Hall–Kier alpha value is -4.40. The molecule has 9 nitrogen and oxygen atoms in total. The first-order chi connectivity index (χ1) is 20.4. The predicted octanol–water partition coefficient (Wildman–Crippen LogP) is 4.48. The fraction of sp³-hybridized carbons (Fsp3) is 0.394. The molecule has 3 heterocycles. The topological polar surface area (TPSA) is 93.6 Å². The quantitative estimate of drug-likeness (QED) is 0.405. The van der Waals surface area contributed by atoms with E-state index in [2.05, 4.69) is 9.88 Å². The van der Waals surface area contributed by atoms with Crippen molar-refractivity contribution in [1.82, 2.24) is 9.88 Å². The van der Waals surface area contributed by atoms with E-state index in [1.807, 2.05) is 53.4 Å². The number of carbonyl (C=O) groups excluding carboxylic acids is 2. The van der Waals surface area contributed by atoms with Crippen LogP contribution in [0.5, 0.6) is 11.5 Å². The molecule has 3 aromatic rings. The first-order valence-electron chi connectivity index (χ1n) is 14.5. The summed E-state index contributed by atoms with van der Waals surface area (Å²) in [5, 5.41) is 0. The van der Waals surface area contributed by atoms with Gasteiger partial charge >= 0.3 is 5.97 Å². The standard InChI is InChI=1S/C33H36N4O5/c1-21(38)42-25-8-9-29-27(18-25)26-19-30(40-2)31(41-3)20-28(26)32(35-29)22-4-6-23(7-5-22)33(39)37-16-14-36(15-17-37)24-10-12-34-13-11-24/h4-7,10-13,19-20,25,27,29H,8-9,14-18H2,1-3H3. The van der Waals surface area contributed by atoms with Crippen LogP contribution in [0.15, 0.2) is 65.9 Å². The minimum atomic E-state index is -0.253. The number of benzene rings is 2. The van der Waals surface area contributed by atoms with Gasteiger partial charge in [-0.05, 0) is 61.2 Å². The van der Waals surface area contributed by atoms with Gasteiger partial charge in [0.1, 0.15) is 6.10 Å². The largest absolute Gasteiger partial charge is 0.493 e. The molecular weight excluding hydrogens is 532 g/mol. The zero-order valence-electron chi connectivity index (χ0n) is 24.3. The van der Waals surface area contributed by atoms with Crippen molar-refractivity contribution in [1.29, 1.82) is 0 Å². The monoisotopic (exact) mass is 568 g/mol. The molecule has 1 aliphatic carbocycles. The number of fused-ring (bicyclic) bond motifs is 3. The number of ether oxygens (including phenoxy) is 3. The number of piperazine rings is 1. The molecule has 2 aromatic carbocycles. The molecule has 0 N–H and O–H groups in total. The maximum atomic E-state index is 13.4. The number of aliphatic imine (C=N–C) groups is 1. The van der Waals surface area contributed by atoms with E-state index in [1.54, 1.807) is 26.6 Å². The number of carbonyl (C=O) groups is 2. The minimum absolute atomic E-state index is 0.0391. The van der Waals surface area contributed by atoms with E-state index in [9.17, 15) is 9.59 Å². The normalized spacial score (nSPS) is 21.5. The smallest absolute Gasteiger partial charge is 0.302 e. The summed E-state index contributed by atoms with van der Waals surface area (Å²) in [6.07, 6.45) is 5.78. The second-order valence-corrected chi connectivity index (χ2v) is 11.1. The van der Waals surface area contributed by atoms with Gasteiger partial charge in [-0.15, -0.1) is 0 Å². The zero-order valence-corrected chi connectivity index (χ0v) is 24.3. The molecular formula is C33H36N4O5. The second kappa shape index (κ2) is 11.8. The highest BCUT2D eigenvalue weighted by molar-refractivity contribution is 6.15. The Bertz CT molecular complexity index is 1480. The number of rotatable bonds is 6.